The molecule has 0 aliphatic rings. The third kappa shape index (κ3) is 5.99. The highest BCUT2D eigenvalue weighted by Gasteiger charge is 2.24. The predicted molar refractivity (Wildman–Crippen MR) is 132 cm³/mol. The Morgan fingerprint density at radius 1 is 0.970 bits per heavy atom. The van der Waals surface area contributed by atoms with Gasteiger partial charge in [-0.25, -0.2) is 4.79 Å². The molecule has 0 saturated heterocycles. The van der Waals surface area contributed by atoms with Crippen LogP contribution in [0, 0.1) is 6.92 Å². The molecule has 0 bridgehead atoms. The average molecular weight is 486 g/mol. The molecule has 2 aromatic carbocycles. The largest absolute Gasteiger partial charge is 0.493 e. The van der Waals surface area contributed by atoms with Crippen LogP contribution in [0.25, 0.3) is 11.1 Å². The highest BCUT2D eigenvalue weighted by Crippen LogP contribution is 2.40. The van der Waals surface area contributed by atoms with Gasteiger partial charge in [0, 0.05) is 10.4 Å². The Bertz CT molecular complexity index is 1150. The van der Waals surface area contributed by atoms with Crippen molar-refractivity contribution in [3.8, 4) is 22.6 Å². The summed E-state index contributed by atoms with van der Waals surface area (Å²) in [7, 11) is 2.85. The highest BCUT2D eigenvalue weighted by molar-refractivity contribution is 7.80. The normalized spacial score (nSPS) is 10.2. The van der Waals surface area contributed by atoms with Crippen LogP contribution in [-0.4, -0.2) is 37.8 Å². The number of aryl methyl sites for hydroxylation is 1. The fraction of sp³-hybridized carbons (Fsp3) is 0.174. The number of carbonyl (C=O) groups excluding carboxylic acids is 2. The van der Waals surface area contributed by atoms with Crippen molar-refractivity contribution in [2.45, 2.75) is 6.92 Å². The van der Waals surface area contributed by atoms with Gasteiger partial charge in [0.25, 0.3) is 5.91 Å². The fourth-order valence-electron chi connectivity index (χ4n) is 3.06. The fourth-order valence-corrected chi connectivity index (χ4v) is 4.35. The number of thiocarbonyl (C=S) groups is 1. The zero-order chi connectivity index (χ0) is 23.8. The Labute approximate surface area is 200 Å². The number of nitrogens with one attached hydrogen (secondary N) is 3. The summed E-state index contributed by atoms with van der Waals surface area (Å²) in [6, 6.07) is 16.5. The number of anilines is 1. The van der Waals surface area contributed by atoms with Crippen LogP contribution in [0.1, 0.15) is 15.2 Å². The van der Waals surface area contributed by atoms with Crippen molar-refractivity contribution >= 4 is 45.5 Å². The maximum atomic E-state index is 12.5. The minimum atomic E-state index is -0.488. The van der Waals surface area contributed by atoms with Gasteiger partial charge in [-0.05, 0) is 36.8 Å². The molecule has 0 fully saturated rings. The molecule has 0 aliphatic carbocycles. The minimum Gasteiger partial charge on any atom is -0.493 e. The van der Waals surface area contributed by atoms with Crippen molar-refractivity contribution < 1.29 is 23.8 Å². The number of carbonyl (C=O) groups is 2. The van der Waals surface area contributed by atoms with Gasteiger partial charge in [-0.15, -0.1) is 11.3 Å². The van der Waals surface area contributed by atoms with Gasteiger partial charge >= 0.3 is 5.97 Å². The monoisotopic (exact) mass is 485 g/mol. The van der Waals surface area contributed by atoms with Gasteiger partial charge in [0.05, 0.1) is 14.2 Å². The molecule has 0 unspecified atom stereocenters. The van der Waals surface area contributed by atoms with E-state index in [2.05, 4.69) is 16.2 Å². The van der Waals surface area contributed by atoms with E-state index >= 15 is 0 Å². The van der Waals surface area contributed by atoms with Crippen LogP contribution < -0.4 is 25.6 Å². The summed E-state index contributed by atoms with van der Waals surface area (Å²) in [5.74, 6) is 0.0254. The predicted octanol–water partition coefficient (Wildman–Crippen LogP) is 3.92. The van der Waals surface area contributed by atoms with E-state index < -0.39 is 11.9 Å². The third-order valence-electron chi connectivity index (χ3n) is 4.51. The van der Waals surface area contributed by atoms with Gasteiger partial charge in [-0.3, -0.25) is 15.6 Å². The molecule has 0 saturated carbocycles. The van der Waals surface area contributed by atoms with Crippen molar-refractivity contribution in [2.24, 2.45) is 0 Å². The lowest BCUT2D eigenvalue weighted by molar-refractivity contribution is -0.123. The van der Waals surface area contributed by atoms with Crippen molar-refractivity contribution in [3.63, 3.8) is 0 Å². The Hall–Kier alpha value is -3.63. The molecule has 0 spiro atoms. The second kappa shape index (κ2) is 11.3. The lowest BCUT2D eigenvalue weighted by atomic mass is 10.0. The third-order valence-corrected chi connectivity index (χ3v) is 5.73. The zero-order valence-corrected chi connectivity index (χ0v) is 19.9. The van der Waals surface area contributed by atoms with Crippen LogP contribution in [0.15, 0.2) is 54.6 Å². The van der Waals surface area contributed by atoms with Crippen molar-refractivity contribution in [2.75, 3.05) is 26.1 Å². The van der Waals surface area contributed by atoms with Crippen LogP contribution >= 0.6 is 23.6 Å². The maximum Gasteiger partial charge on any atom is 0.341 e. The van der Waals surface area contributed by atoms with Gasteiger partial charge < -0.3 is 19.5 Å². The first kappa shape index (κ1) is 24.0. The maximum absolute atomic E-state index is 12.5. The molecule has 0 radical (unpaired) electrons. The van der Waals surface area contributed by atoms with Crippen LogP contribution in [0.5, 0.6) is 11.5 Å². The van der Waals surface area contributed by atoms with Gasteiger partial charge in [0.1, 0.15) is 10.6 Å². The van der Waals surface area contributed by atoms with Crippen molar-refractivity contribution in [1.29, 1.82) is 0 Å². The van der Waals surface area contributed by atoms with Gasteiger partial charge in [-0.2, -0.15) is 0 Å². The quantitative estimate of drug-likeness (QED) is 0.263. The van der Waals surface area contributed by atoms with Crippen LogP contribution in [-0.2, 0) is 9.53 Å². The molecule has 172 valence electrons. The molecule has 3 N–H and O–H groups in total. The summed E-state index contributed by atoms with van der Waals surface area (Å²) in [5.41, 5.74) is 7.10. The number of thiophene rings is 1. The van der Waals surface area contributed by atoms with Crippen LogP contribution in [0.4, 0.5) is 5.00 Å². The van der Waals surface area contributed by atoms with E-state index in [1.165, 1.54) is 25.6 Å². The minimum absolute atomic E-state index is 0.103. The van der Waals surface area contributed by atoms with E-state index in [0.717, 1.165) is 16.0 Å². The van der Waals surface area contributed by atoms with Crippen molar-refractivity contribution in [3.05, 3.63) is 65.0 Å². The molecule has 10 heteroatoms. The number of benzene rings is 2. The molecule has 0 atom stereocenters. The summed E-state index contributed by atoms with van der Waals surface area (Å²) in [4.78, 5) is 25.6. The lowest BCUT2D eigenvalue weighted by Crippen LogP contribution is -2.45. The second-order valence-corrected chi connectivity index (χ2v) is 8.29. The van der Waals surface area contributed by atoms with Crippen LogP contribution in [0.3, 0.4) is 0 Å². The number of ether oxygens (including phenoxy) is 3. The molecule has 1 aromatic heterocycles. The summed E-state index contributed by atoms with van der Waals surface area (Å²) < 4.78 is 15.7. The standard InChI is InChI=1S/C23H23N3O5S2/c1-14-19(15-9-5-4-6-10-15)20(22(28)30-3)21(33-14)24-23(32)26-25-18(27)13-31-17-12-8-7-11-16(17)29-2/h4-12H,13H2,1-3H3,(H,25,27)(H2,24,26,32). The summed E-state index contributed by atoms with van der Waals surface area (Å²) in [6.07, 6.45) is 0. The van der Waals surface area contributed by atoms with E-state index in [0.29, 0.717) is 22.1 Å². The molecule has 3 aromatic rings. The Morgan fingerprint density at radius 2 is 1.64 bits per heavy atom. The van der Waals surface area contributed by atoms with E-state index in [1.807, 2.05) is 37.3 Å². The number of hydrazine groups is 1. The van der Waals surface area contributed by atoms with Crippen LogP contribution in [0.2, 0.25) is 0 Å². The van der Waals surface area contributed by atoms with Gasteiger partial charge in [0.15, 0.2) is 23.2 Å². The van der Waals surface area contributed by atoms with E-state index in [9.17, 15) is 9.59 Å². The molecule has 33 heavy (non-hydrogen) atoms. The molecule has 3 rings (SSSR count). The van der Waals surface area contributed by atoms with Gasteiger partial charge in [-0.1, -0.05) is 42.5 Å². The first-order valence-electron chi connectivity index (χ1n) is 9.83. The highest BCUT2D eigenvalue weighted by atomic mass is 32.1. The SMILES string of the molecule is COC(=O)c1c(NC(=S)NNC(=O)COc2ccccc2OC)sc(C)c1-c1ccccc1. The number of hydrogen-bond donors (Lipinski definition) is 3. The second-order valence-electron chi connectivity index (χ2n) is 6.66. The van der Waals surface area contributed by atoms with E-state index in [4.69, 9.17) is 26.4 Å². The lowest BCUT2D eigenvalue weighted by Gasteiger charge is -2.13. The smallest absolute Gasteiger partial charge is 0.341 e. The summed E-state index contributed by atoms with van der Waals surface area (Å²) in [6.45, 7) is 1.66. The number of methoxy groups -OCH3 is 2. The number of rotatable bonds is 7. The van der Waals surface area contributed by atoms with E-state index in [1.54, 1.807) is 24.3 Å². The number of esters is 1. The van der Waals surface area contributed by atoms with Crippen molar-refractivity contribution in [1.82, 2.24) is 10.9 Å². The van der Waals surface area contributed by atoms with Gasteiger partial charge in [0.2, 0.25) is 0 Å². The Balaban J connectivity index is 1.64. The molecule has 0 aliphatic heterocycles. The average Bonchev–Trinajstić information content (AvgIpc) is 3.16. The molecular formula is C23H23N3O5S2. The zero-order valence-electron chi connectivity index (χ0n) is 18.3. The number of para-hydroxylation sites is 2. The summed E-state index contributed by atoms with van der Waals surface area (Å²) in [5, 5.41) is 3.58. The topological polar surface area (TPSA) is 97.9 Å². The molecule has 1 heterocycles. The van der Waals surface area contributed by atoms with E-state index in [-0.39, 0.29) is 11.7 Å². The Morgan fingerprint density at radius 3 is 2.30 bits per heavy atom. The number of amides is 1. The molecule has 1 amide bonds. The number of hydrogen-bond acceptors (Lipinski definition) is 7. The first-order valence-corrected chi connectivity index (χ1v) is 11.1. The molecule has 8 nitrogen and oxygen atoms in total. The summed E-state index contributed by atoms with van der Waals surface area (Å²) >= 11 is 6.64. The molecular weight excluding hydrogens is 462 g/mol. The first-order chi connectivity index (χ1) is 15.9. The Kier molecular flexibility index (Phi) is 8.22.